The maximum Gasteiger partial charge on any atom is 0.229 e. The SMILES string of the molecule is CCNC1CCC(OCc2noc(C(C)C)n2)CC1. The summed E-state index contributed by atoms with van der Waals surface area (Å²) in [5.74, 6) is 1.63. The summed E-state index contributed by atoms with van der Waals surface area (Å²) in [5.41, 5.74) is 0. The van der Waals surface area contributed by atoms with Gasteiger partial charge in [0.25, 0.3) is 0 Å². The van der Waals surface area contributed by atoms with Gasteiger partial charge < -0.3 is 14.6 Å². The van der Waals surface area contributed by atoms with Crippen molar-refractivity contribution >= 4 is 0 Å². The first kappa shape index (κ1) is 14.5. The Morgan fingerprint density at radius 2 is 2.05 bits per heavy atom. The molecule has 5 heteroatoms. The van der Waals surface area contributed by atoms with Crippen LogP contribution >= 0.6 is 0 Å². The van der Waals surface area contributed by atoms with Crippen LogP contribution < -0.4 is 5.32 Å². The van der Waals surface area contributed by atoms with Crippen LogP contribution in [0.15, 0.2) is 4.52 Å². The average Bonchev–Trinajstić information content (AvgIpc) is 2.87. The molecule has 0 spiro atoms. The van der Waals surface area contributed by atoms with E-state index >= 15 is 0 Å². The highest BCUT2D eigenvalue weighted by atomic mass is 16.5. The van der Waals surface area contributed by atoms with Crippen LogP contribution in [0.4, 0.5) is 0 Å². The van der Waals surface area contributed by atoms with Crippen molar-refractivity contribution in [3.05, 3.63) is 11.7 Å². The van der Waals surface area contributed by atoms with Crippen LogP contribution in [0.3, 0.4) is 0 Å². The van der Waals surface area contributed by atoms with Crippen LogP contribution in [0.5, 0.6) is 0 Å². The van der Waals surface area contributed by atoms with Crippen molar-refractivity contribution in [2.75, 3.05) is 6.54 Å². The molecule has 1 heterocycles. The quantitative estimate of drug-likeness (QED) is 0.858. The lowest BCUT2D eigenvalue weighted by Gasteiger charge is -2.28. The molecule has 0 unspecified atom stereocenters. The van der Waals surface area contributed by atoms with Gasteiger partial charge in [0, 0.05) is 12.0 Å². The topological polar surface area (TPSA) is 60.2 Å². The lowest BCUT2D eigenvalue weighted by atomic mass is 9.93. The number of nitrogens with zero attached hydrogens (tertiary/aromatic N) is 2. The molecule has 0 aliphatic heterocycles. The van der Waals surface area contributed by atoms with Crippen molar-refractivity contribution < 1.29 is 9.26 Å². The van der Waals surface area contributed by atoms with E-state index < -0.39 is 0 Å². The Morgan fingerprint density at radius 1 is 1.32 bits per heavy atom. The minimum atomic E-state index is 0.275. The zero-order valence-electron chi connectivity index (χ0n) is 12.2. The molecular formula is C14H25N3O2. The fraction of sp³-hybridized carbons (Fsp3) is 0.857. The molecule has 0 radical (unpaired) electrons. The van der Waals surface area contributed by atoms with Gasteiger partial charge in [0.15, 0.2) is 5.82 Å². The Kier molecular flexibility index (Phi) is 5.34. The Labute approximate surface area is 115 Å². The largest absolute Gasteiger partial charge is 0.370 e. The van der Waals surface area contributed by atoms with Crippen molar-refractivity contribution in [1.29, 1.82) is 0 Å². The van der Waals surface area contributed by atoms with E-state index in [1.807, 2.05) is 13.8 Å². The van der Waals surface area contributed by atoms with Crippen LogP contribution in [0.25, 0.3) is 0 Å². The van der Waals surface area contributed by atoms with E-state index in [2.05, 4.69) is 22.4 Å². The Balaban J connectivity index is 1.71. The number of hydrogen-bond acceptors (Lipinski definition) is 5. The molecule has 0 amide bonds. The van der Waals surface area contributed by atoms with E-state index in [4.69, 9.17) is 9.26 Å². The highest BCUT2D eigenvalue weighted by molar-refractivity contribution is 4.89. The summed E-state index contributed by atoms with van der Waals surface area (Å²) in [4.78, 5) is 4.32. The van der Waals surface area contributed by atoms with E-state index in [0.29, 0.717) is 30.5 Å². The smallest absolute Gasteiger partial charge is 0.229 e. The maximum absolute atomic E-state index is 5.88. The van der Waals surface area contributed by atoms with Gasteiger partial charge in [0.05, 0.1) is 6.10 Å². The second kappa shape index (κ2) is 7.01. The molecule has 1 saturated carbocycles. The summed E-state index contributed by atoms with van der Waals surface area (Å²) in [6, 6.07) is 0.669. The molecule has 108 valence electrons. The zero-order valence-corrected chi connectivity index (χ0v) is 12.2. The highest BCUT2D eigenvalue weighted by Crippen LogP contribution is 2.22. The molecule has 1 fully saturated rings. The van der Waals surface area contributed by atoms with Gasteiger partial charge in [-0.05, 0) is 32.2 Å². The Hall–Kier alpha value is -0.940. The summed E-state index contributed by atoms with van der Waals surface area (Å²) >= 11 is 0. The molecule has 0 saturated heterocycles. The van der Waals surface area contributed by atoms with Gasteiger partial charge in [0.1, 0.15) is 6.61 Å². The third kappa shape index (κ3) is 4.28. The molecule has 1 aromatic rings. The zero-order chi connectivity index (χ0) is 13.7. The van der Waals surface area contributed by atoms with Crippen LogP contribution in [0, 0.1) is 0 Å². The average molecular weight is 267 g/mol. The van der Waals surface area contributed by atoms with E-state index in [-0.39, 0.29) is 5.92 Å². The number of rotatable bonds is 6. The van der Waals surface area contributed by atoms with Crippen LogP contribution in [-0.2, 0) is 11.3 Å². The molecule has 5 nitrogen and oxygen atoms in total. The van der Waals surface area contributed by atoms with Crippen molar-refractivity contribution in [3.8, 4) is 0 Å². The first-order valence-electron chi connectivity index (χ1n) is 7.36. The number of nitrogens with one attached hydrogen (secondary N) is 1. The predicted molar refractivity (Wildman–Crippen MR) is 72.9 cm³/mol. The lowest BCUT2D eigenvalue weighted by molar-refractivity contribution is 0.00755. The molecule has 0 bridgehead atoms. The van der Waals surface area contributed by atoms with Crippen molar-refractivity contribution in [2.45, 2.75) is 71.1 Å². The van der Waals surface area contributed by atoms with E-state index in [1.165, 1.54) is 12.8 Å². The molecule has 1 aliphatic carbocycles. The van der Waals surface area contributed by atoms with Gasteiger partial charge in [-0.2, -0.15) is 4.98 Å². The third-order valence-electron chi connectivity index (χ3n) is 3.59. The molecule has 0 atom stereocenters. The second-order valence-electron chi connectivity index (χ2n) is 5.55. The number of aromatic nitrogens is 2. The summed E-state index contributed by atoms with van der Waals surface area (Å²) in [6.45, 7) is 7.76. The van der Waals surface area contributed by atoms with Gasteiger partial charge in [-0.3, -0.25) is 0 Å². The summed E-state index contributed by atoms with van der Waals surface area (Å²) in [7, 11) is 0. The van der Waals surface area contributed by atoms with Gasteiger partial charge in [-0.1, -0.05) is 25.9 Å². The molecule has 2 rings (SSSR count). The molecular weight excluding hydrogens is 242 g/mol. The molecule has 1 aromatic heterocycles. The molecule has 1 N–H and O–H groups in total. The van der Waals surface area contributed by atoms with Crippen molar-refractivity contribution in [2.24, 2.45) is 0 Å². The molecule has 19 heavy (non-hydrogen) atoms. The predicted octanol–water partition coefficient (Wildman–Crippen LogP) is 2.63. The third-order valence-corrected chi connectivity index (χ3v) is 3.59. The molecule has 0 aromatic carbocycles. The standard InChI is InChI=1S/C14H25N3O2/c1-4-15-11-5-7-12(8-6-11)18-9-13-16-14(10(2)3)19-17-13/h10-12,15H,4-9H2,1-3H3. The first-order chi connectivity index (χ1) is 9.19. The van der Waals surface area contributed by atoms with Gasteiger partial charge >= 0.3 is 0 Å². The van der Waals surface area contributed by atoms with E-state index in [1.54, 1.807) is 0 Å². The Bertz CT molecular complexity index is 371. The van der Waals surface area contributed by atoms with Crippen LogP contribution in [0.2, 0.25) is 0 Å². The minimum Gasteiger partial charge on any atom is -0.370 e. The van der Waals surface area contributed by atoms with E-state index in [0.717, 1.165) is 19.4 Å². The van der Waals surface area contributed by atoms with Crippen molar-refractivity contribution in [1.82, 2.24) is 15.5 Å². The Morgan fingerprint density at radius 3 is 2.63 bits per heavy atom. The number of hydrogen-bond donors (Lipinski definition) is 1. The monoisotopic (exact) mass is 267 g/mol. The molecule has 1 aliphatic rings. The van der Waals surface area contributed by atoms with Gasteiger partial charge in [-0.15, -0.1) is 0 Å². The number of ether oxygens (including phenoxy) is 1. The summed E-state index contributed by atoms with van der Waals surface area (Å²) in [5, 5.41) is 7.44. The highest BCUT2D eigenvalue weighted by Gasteiger charge is 2.21. The van der Waals surface area contributed by atoms with Crippen LogP contribution in [0.1, 0.15) is 64.1 Å². The fourth-order valence-corrected chi connectivity index (χ4v) is 2.48. The van der Waals surface area contributed by atoms with Crippen molar-refractivity contribution in [3.63, 3.8) is 0 Å². The minimum absolute atomic E-state index is 0.275. The second-order valence-corrected chi connectivity index (χ2v) is 5.55. The van der Waals surface area contributed by atoms with Gasteiger partial charge in [0.2, 0.25) is 5.89 Å². The first-order valence-corrected chi connectivity index (χ1v) is 7.36. The summed E-state index contributed by atoms with van der Waals surface area (Å²) in [6.07, 6.45) is 4.97. The van der Waals surface area contributed by atoms with Crippen LogP contribution in [-0.4, -0.2) is 28.8 Å². The normalized spacial score (nSPS) is 24.0. The van der Waals surface area contributed by atoms with Gasteiger partial charge in [-0.25, -0.2) is 0 Å². The maximum atomic E-state index is 5.88. The summed E-state index contributed by atoms with van der Waals surface area (Å²) < 4.78 is 11.0. The fourth-order valence-electron chi connectivity index (χ4n) is 2.48. The lowest BCUT2D eigenvalue weighted by Crippen LogP contribution is -2.35. The van der Waals surface area contributed by atoms with E-state index in [9.17, 15) is 0 Å².